The van der Waals surface area contributed by atoms with E-state index in [-0.39, 0.29) is 11.8 Å². The van der Waals surface area contributed by atoms with E-state index in [2.05, 4.69) is 4.98 Å². The van der Waals surface area contributed by atoms with E-state index in [1.807, 2.05) is 42.5 Å². The highest BCUT2D eigenvalue weighted by atomic mass is 32.2. The number of rotatable bonds is 6. The van der Waals surface area contributed by atoms with Crippen molar-refractivity contribution in [2.24, 2.45) is 5.73 Å². The van der Waals surface area contributed by atoms with Gasteiger partial charge in [0.15, 0.2) is 0 Å². The number of methoxy groups -OCH3 is 1. The van der Waals surface area contributed by atoms with Gasteiger partial charge >= 0.3 is 0 Å². The van der Waals surface area contributed by atoms with Gasteiger partial charge in [-0.15, -0.1) is 0 Å². The number of hydrogen-bond acceptors (Lipinski definition) is 6. The van der Waals surface area contributed by atoms with Crippen LogP contribution in [0.3, 0.4) is 0 Å². The predicted octanol–water partition coefficient (Wildman–Crippen LogP) is 2.66. The van der Waals surface area contributed by atoms with Crippen LogP contribution in [0.15, 0.2) is 48.7 Å². The van der Waals surface area contributed by atoms with Crippen molar-refractivity contribution in [1.29, 1.82) is 5.41 Å². The molecule has 0 aliphatic carbocycles. The van der Waals surface area contributed by atoms with E-state index in [9.17, 15) is 8.42 Å². The number of aromatic amines is 1. The minimum Gasteiger partial charge on any atom is -0.497 e. The molecule has 0 spiro atoms. The van der Waals surface area contributed by atoms with Crippen LogP contribution in [-0.4, -0.2) is 55.4 Å². The lowest BCUT2D eigenvalue weighted by atomic mass is 9.88. The first-order valence-corrected chi connectivity index (χ1v) is 11.7. The third-order valence-corrected chi connectivity index (χ3v) is 7.06. The molecule has 1 fully saturated rings. The Hall–Kier alpha value is -3.17. The number of hydrogen-bond donors (Lipinski definition) is 3. The molecule has 9 heteroatoms. The van der Waals surface area contributed by atoms with Crippen molar-refractivity contribution >= 4 is 32.8 Å². The Morgan fingerprint density at radius 2 is 1.94 bits per heavy atom. The van der Waals surface area contributed by atoms with E-state index in [1.54, 1.807) is 7.11 Å². The number of allylic oxidation sites excluding steroid dienone is 1. The monoisotopic (exact) mass is 439 g/mol. The first kappa shape index (κ1) is 21.1. The predicted molar refractivity (Wildman–Crippen MR) is 122 cm³/mol. The molecular formula is C22H25N5O3S. The Balaban J connectivity index is 1.74. The molecule has 1 unspecified atom stereocenters. The van der Waals surface area contributed by atoms with Crippen molar-refractivity contribution in [1.82, 2.24) is 14.3 Å². The minimum absolute atomic E-state index is 0.0401. The number of nitrogens with two attached hydrogens (primary N) is 1. The van der Waals surface area contributed by atoms with Crippen LogP contribution in [0.25, 0.3) is 16.6 Å². The first-order valence-electron chi connectivity index (χ1n) is 9.85. The van der Waals surface area contributed by atoms with Crippen LogP contribution in [-0.2, 0) is 10.0 Å². The summed E-state index contributed by atoms with van der Waals surface area (Å²) in [5.74, 6) is 1.34. The van der Waals surface area contributed by atoms with E-state index in [0.29, 0.717) is 18.7 Å². The van der Waals surface area contributed by atoms with Crippen LogP contribution in [0.5, 0.6) is 5.75 Å². The Bertz CT molecular complexity index is 1250. The van der Waals surface area contributed by atoms with Gasteiger partial charge < -0.3 is 20.9 Å². The summed E-state index contributed by atoms with van der Waals surface area (Å²) >= 11 is 0. The molecule has 2 aromatic carbocycles. The average Bonchev–Trinajstić information content (AvgIpc) is 3.38. The van der Waals surface area contributed by atoms with Crippen LogP contribution >= 0.6 is 0 Å². The molecule has 1 saturated heterocycles. The third kappa shape index (κ3) is 4.06. The topological polar surface area (TPSA) is 125 Å². The molecule has 0 bridgehead atoms. The third-order valence-electron chi connectivity index (χ3n) is 5.82. The molecule has 3 aromatic rings. The lowest BCUT2D eigenvalue weighted by Gasteiger charge is -2.17. The van der Waals surface area contributed by atoms with Gasteiger partial charge in [0, 0.05) is 42.9 Å². The zero-order chi connectivity index (χ0) is 22.2. The van der Waals surface area contributed by atoms with Gasteiger partial charge in [-0.3, -0.25) is 0 Å². The second-order valence-corrected chi connectivity index (χ2v) is 9.67. The molecule has 162 valence electrons. The second-order valence-electron chi connectivity index (χ2n) is 7.69. The maximum absolute atomic E-state index is 12.3. The van der Waals surface area contributed by atoms with E-state index in [4.69, 9.17) is 20.9 Å². The molecule has 0 radical (unpaired) electrons. The zero-order valence-electron chi connectivity index (χ0n) is 17.4. The number of nitrogens with zero attached hydrogens (tertiary/aromatic N) is 2. The van der Waals surface area contributed by atoms with Gasteiger partial charge in [-0.1, -0.05) is 18.2 Å². The van der Waals surface area contributed by atoms with Crippen LogP contribution in [0.4, 0.5) is 0 Å². The van der Waals surface area contributed by atoms with Crippen LogP contribution in [0.1, 0.15) is 28.8 Å². The lowest BCUT2D eigenvalue weighted by Crippen LogP contribution is -2.27. The van der Waals surface area contributed by atoms with E-state index in [0.717, 1.165) is 33.7 Å². The zero-order valence-corrected chi connectivity index (χ0v) is 18.2. The molecule has 1 aliphatic rings. The molecule has 31 heavy (non-hydrogen) atoms. The highest BCUT2D eigenvalue weighted by Gasteiger charge is 2.40. The summed E-state index contributed by atoms with van der Waals surface area (Å²) in [4.78, 5) is 8.14. The number of aromatic nitrogens is 2. The minimum atomic E-state index is -3.33. The lowest BCUT2D eigenvalue weighted by molar-refractivity contribution is 0.414. The maximum Gasteiger partial charge on any atom is 0.211 e. The normalized spacial score (nSPS) is 20.3. The molecule has 2 atom stereocenters. The largest absolute Gasteiger partial charge is 0.497 e. The van der Waals surface area contributed by atoms with Crippen LogP contribution in [0, 0.1) is 5.41 Å². The summed E-state index contributed by atoms with van der Waals surface area (Å²) in [5.41, 5.74) is 9.68. The fourth-order valence-electron chi connectivity index (χ4n) is 4.12. The van der Waals surface area contributed by atoms with Gasteiger partial charge in [-0.25, -0.2) is 17.7 Å². The molecule has 4 N–H and O–H groups in total. The molecule has 8 nitrogen and oxygen atoms in total. The molecule has 2 heterocycles. The van der Waals surface area contributed by atoms with Gasteiger partial charge in [0.05, 0.1) is 24.4 Å². The standard InChI is InChI=1S/C22H25N5O3S/c1-30-17-6-3-14(4-7-17)18-12-27(31(2,28)29)13-19(18)22-25-20-8-5-15(9-21(20)26-22)16(10-23)11-24/h3-11,18-19,23H,12-13,24H2,1-2H3,(H,25,26)/b16-11+,23-10?/t18?,19-/m0/s1. The number of imidazole rings is 1. The quantitative estimate of drug-likeness (QED) is 0.509. The van der Waals surface area contributed by atoms with Crippen molar-refractivity contribution in [2.75, 3.05) is 26.5 Å². The van der Waals surface area contributed by atoms with Crippen molar-refractivity contribution in [3.05, 3.63) is 65.6 Å². The van der Waals surface area contributed by atoms with E-state index >= 15 is 0 Å². The average molecular weight is 440 g/mol. The maximum atomic E-state index is 12.3. The number of sulfonamides is 1. The van der Waals surface area contributed by atoms with E-state index in [1.165, 1.54) is 23.0 Å². The van der Waals surface area contributed by atoms with Crippen molar-refractivity contribution in [3.8, 4) is 5.75 Å². The Morgan fingerprint density at radius 1 is 1.23 bits per heavy atom. The number of H-pyrrole nitrogens is 1. The Kier molecular flexibility index (Phi) is 5.55. The summed E-state index contributed by atoms with van der Waals surface area (Å²) in [6, 6.07) is 13.4. The number of ether oxygens (including phenoxy) is 1. The number of fused-ring (bicyclic) bond motifs is 1. The number of nitrogens with one attached hydrogen (secondary N) is 2. The number of benzene rings is 2. The van der Waals surface area contributed by atoms with Crippen molar-refractivity contribution < 1.29 is 13.2 Å². The summed E-state index contributed by atoms with van der Waals surface area (Å²) in [6.07, 6.45) is 3.84. The first-order chi connectivity index (χ1) is 14.8. The molecule has 1 aromatic heterocycles. The fourth-order valence-corrected chi connectivity index (χ4v) is 4.98. The Morgan fingerprint density at radius 3 is 2.55 bits per heavy atom. The van der Waals surface area contributed by atoms with Crippen molar-refractivity contribution in [3.63, 3.8) is 0 Å². The van der Waals surface area contributed by atoms with Gasteiger partial charge in [0.25, 0.3) is 0 Å². The summed E-state index contributed by atoms with van der Waals surface area (Å²) in [7, 11) is -1.72. The van der Waals surface area contributed by atoms with Crippen molar-refractivity contribution in [2.45, 2.75) is 11.8 Å². The molecular weight excluding hydrogens is 414 g/mol. The smallest absolute Gasteiger partial charge is 0.211 e. The van der Waals surface area contributed by atoms with Crippen LogP contribution in [0.2, 0.25) is 0 Å². The highest BCUT2D eigenvalue weighted by Crippen LogP contribution is 2.40. The second kappa shape index (κ2) is 8.16. The fraction of sp³-hybridized carbons (Fsp3) is 0.273. The van der Waals surface area contributed by atoms with Gasteiger partial charge in [-0.2, -0.15) is 0 Å². The van der Waals surface area contributed by atoms with Crippen LogP contribution < -0.4 is 10.5 Å². The summed E-state index contributed by atoms with van der Waals surface area (Å²) in [6.45, 7) is 0.753. The molecule has 1 aliphatic heterocycles. The van der Waals surface area contributed by atoms with Gasteiger partial charge in [0.2, 0.25) is 10.0 Å². The van der Waals surface area contributed by atoms with E-state index < -0.39 is 10.0 Å². The summed E-state index contributed by atoms with van der Waals surface area (Å²) < 4.78 is 31.3. The SMILES string of the molecule is COc1ccc(C2CN(S(C)(=O)=O)C[C@@H]2c2nc3ccc(/C(C=N)=C/N)cc3[nH]2)cc1. The van der Waals surface area contributed by atoms with Gasteiger partial charge in [-0.05, 0) is 35.4 Å². The highest BCUT2D eigenvalue weighted by molar-refractivity contribution is 7.88. The summed E-state index contributed by atoms with van der Waals surface area (Å²) in [5, 5.41) is 7.51. The van der Waals surface area contributed by atoms with Gasteiger partial charge in [0.1, 0.15) is 11.6 Å². The Labute approximate surface area is 181 Å². The molecule has 4 rings (SSSR count). The molecule has 0 amide bonds. The molecule has 0 saturated carbocycles.